The highest BCUT2D eigenvalue weighted by atomic mass is 15.0. The third-order valence-electron chi connectivity index (χ3n) is 16.3. The van der Waals surface area contributed by atoms with Crippen LogP contribution in [0.5, 0.6) is 0 Å². The predicted molar refractivity (Wildman–Crippen MR) is 350 cm³/mol. The quantitative estimate of drug-likeness (QED) is 0.124. The number of benzene rings is 11. The summed E-state index contributed by atoms with van der Waals surface area (Å²) in [5, 5.41) is 33.8. The van der Waals surface area contributed by atoms with Crippen LogP contribution in [0.25, 0.3) is 150 Å². The van der Waals surface area contributed by atoms with Gasteiger partial charge in [0.05, 0.1) is 74.9 Å². The molecular weight excluding hydrogens is 1080 g/mol. The molecule has 4 heterocycles. The second-order valence-electron chi connectivity index (χ2n) is 21.5. The molecule has 10 heteroatoms. The summed E-state index contributed by atoms with van der Waals surface area (Å²) in [4.78, 5) is 24.5. The van der Waals surface area contributed by atoms with Crippen molar-refractivity contribution in [1.29, 1.82) is 15.8 Å². The van der Waals surface area contributed by atoms with Gasteiger partial charge in [-0.1, -0.05) is 140 Å². The Morgan fingerprint density at radius 1 is 0.330 bits per heavy atom. The normalized spacial score (nSPS) is 11.1. The van der Waals surface area contributed by atoms with E-state index in [0.717, 1.165) is 122 Å². The lowest BCUT2D eigenvalue weighted by atomic mass is 9.99. The summed E-state index contributed by atoms with van der Waals surface area (Å²) < 4.78 is 4.58. The molecule has 0 aliphatic rings. The van der Waals surface area contributed by atoms with Gasteiger partial charge in [-0.25, -0.2) is 19.8 Å². The molecule has 0 aliphatic heterocycles. The van der Waals surface area contributed by atoms with Crippen LogP contribution in [0.3, 0.4) is 0 Å². The number of nitriles is 3. The van der Waals surface area contributed by atoms with Crippen molar-refractivity contribution in [3.05, 3.63) is 295 Å². The molecule has 4 aromatic heterocycles. The molecule has 0 radical (unpaired) electrons. The van der Waals surface area contributed by atoms with Gasteiger partial charge in [0.25, 0.3) is 0 Å². The minimum absolute atomic E-state index is 0.490. The minimum atomic E-state index is 0.490. The van der Waals surface area contributed by atoms with Gasteiger partial charge in [0.15, 0.2) is 23.2 Å². The lowest BCUT2D eigenvalue weighted by Crippen LogP contribution is -2.03. The van der Waals surface area contributed by atoms with Gasteiger partial charge >= 0.3 is 0 Å². The molecule has 0 unspecified atom stereocenters. The number of rotatable bonds is 10. The van der Waals surface area contributed by atoms with E-state index in [-0.39, 0.29) is 0 Å². The monoisotopic (exact) mass is 1120 g/mol. The molecule has 0 saturated carbocycles. The molecule has 15 rings (SSSR count). The maximum absolute atomic E-state index is 9.96. The molecule has 0 spiro atoms. The van der Waals surface area contributed by atoms with Crippen molar-refractivity contribution in [1.82, 2.24) is 29.1 Å². The van der Waals surface area contributed by atoms with Gasteiger partial charge in [-0.3, -0.25) is 4.98 Å². The van der Waals surface area contributed by atoms with Gasteiger partial charge < -0.3 is 9.13 Å². The predicted octanol–water partition coefficient (Wildman–Crippen LogP) is 19.0. The van der Waals surface area contributed by atoms with Crippen LogP contribution in [0.15, 0.2) is 267 Å². The Morgan fingerprint density at radius 2 is 0.716 bits per heavy atom. The van der Waals surface area contributed by atoms with E-state index in [1.54, 1.807) is 0 Å². The summed E-state index contributed by atoms with van der Waals surface area (Å²) in [5.74, 6) is 1.57. The number of hydrogen-bond donors (Lipinski definition) is 0. The molecule has 0 bridgehead atoms. The first kappa shape index (κ1) is 52.0. The van der Waals surface area contributed by atoms with Crippen molar-refractivity contribution in [3.8, 4) is 120 Å². The number of nitrogens with zero attached hydrogens (tertiary/aromatic N) is 10. The van der Waals surface area contributed by atoms with Crippen LogP contribution < -0.4 is 0 Å². The van der Waals surface area contributed by atoms with Gasteiger partial charge in [0.1, 0.15) is 0 Å². The van der Waals surface area contributed by atoms with Crippen LogP contribution in [0.4, 0.5) is 5.69 Å². The molecule has 0 N–H and O–H groups in total. The molecular formula is C78H44N10. The fraction of sp³-hybridized carbons (Fsp3) is 0. The first-order valence-corrected chi connectivity index (χ1v) is 28.5. The van der Waals surface area contributed by atoms with E-state index in [0.29, 0.717) is 45.5 Å². The summed E-state index contributed by atoms with van der Waals surface area (Å²) in [7, 11) is 0. The van der Waals surface area contributed by atoms with Crippen molar-refractivity contribution >= 4 is 49.3 Å². The van der Waals surface area contributed by atoms with E-state index < -0.39 is 0 Å². The summed E-state index contributed by atoms with van der Waals surface area (Å²) in [6, 6.07) is 94.0. The van der Waals surface area contributed by atoms with Gasteiger partial charge in [-0.15, -0.1) is 0 Å². The van der Waals surface area contributed by atoms with Crippen molar-refractivity contribution in [2.75, 3.05) is 0 Å². The Balaban J connectivity index is 0.983. The Hall–Kier alpha value is -12.9. The largest absolute Gasteiger partial charge is 0.309 e. The zero-order valence-electron chi connectivity index (χ0n) is 46.9. The van der Waals surface area contributed by atoms with E-state index in [9.17, 15) is 15.8 Å². The number of hydrogen-bond acceptors (Lipinski definition) is 7. The first-order chi connectivity index (χ1) is 43.4. The van der Waals surface area contributed by atoms with Crippen molar-refractivity contribution < 1.29 is 0 Å². The molecule has 0 fully saturated rings. The lowest BCUT2D eigenvalue weighted by Gasteiger charge is -2.17. The van der Waals surface area contributed by atoms with Crippen LogP contribution >= 0.6 is 0 Å². The highest BCUT2D eigenvalue weighted by Crippen LogP contribution is 2.43. The summed E-state index contributed by atoms with van der Waals surface area (Å²) in [6.45, 7) is 7.83. The smallest absolute Gasteiger partial charge is 0.187 e. The number of pyridine rings is 1. The van der Waals surface area contributed by atoms with Crippen LogP contribution in [0.2, 0.25) is 0 Å². The summed E-state index contributed by atoms with van der Waals surface area (Å²) in [5.41, 5.74) is 19.4. The van der Waals surface area contributed by atoms with Crippen molar-refractivity contribution in [2.24, 2.45) is 0 Å². The molecule has 0 amide bonds. The van der Waals surface area contributed by atoms with E-state index in [2.05, 4.69) is 129 Å². The molecule has 88 heavy (non-hydrogen) atoms. The third kappa shape index (κ3) is 9.32. The van der Waals surface area contributed by atoms with E-state index in [1.165, 1.54) is 0 Å². The Bertz CT molecular complexity index is 5230. The van der Waals surface area contributed by atoms with Crippen molar-refractivity contribution in [2.45, 2.75) is 0 Å². The average molecular weight is 1120 g/mol. The zero-order chi connectivity index (χ0) is 59.2. The fourth-order valence-electron chi connectivity index (χ4n) is 12.1. The third-order valence-corrected chi connectivity index (χ3v) is 16.3. The van der Waals surface area contributed by atoms with Gasteiger partial charge in [0, 0.05) is 55.7 Å². The Kier molecular flexibility index (Phi) is 12.8. The number of aromatic nitrogens is 6. The summed E-state index contributed by atoms with van der Waals surface area (Å²) >= 11 is 0. The Morgan fingerprint density at radius 3 is 1.16 bits per heavy atom. The molecule has 15 aromatic rings. The highest BCUT2D eigenvalue weighted by Gasteiger charge is 2.23. The fourth-order valence-corrected chi connectivity index (χ4v) is 12.1. The number of fused-ring (bicyclic) bond motifs is 6. The summed E-state index contributed by atoms with van der Waals surface area (Å²) in [6.07, 6.45) is 1.86. The molecule has 11 aromatic carbocycles. The first-order valence-electron chi connectivity index (χ1n) is 28.5. The topological polar surface area (TPSA) is 137 Å². The highest BCUT2D eigenvalue weighted by molar-refractivity contribution is 6.13. The van der Waals surface area contributed by atoms with E-state index >= 15 is 0 Å². The SMILES string of the molecule is [C-]#[N+]c1cccc(-c2ccc3c(c2)c2cc(-c4cccc(C#N)c4)ccc2n3-c2ccc(-c3nc(-c4ccccc4)nc(-c4ccccc4)n3)cc2-c2cc(-n3c4ccc(-c5cccc(C#N)c5)cc4c4cc(-c5cccc(C#N)c5)ccc43)ccn2)c1. The lowest BCUT2D eigenvalue weighted by molar-refractivity contribution is 1.07. The molecule has 0 saturated heterocycles. The maximum Gasteiger partial charge on any atom is 0.187 e. The molecule has 10 nitrogen and oxygen atoms in total. The maximum atomic E-state index is 9.96. The standard InChI is InChI=1S/C78H44N10/c1-82-63-23-11-22-57(39-63)61-27-32-74-68(43-61)67-42-60(56-21-10-14-51(38-56)48-81)26-31-73(67)88(74)75-33-28-62(78-85-76(52-15-4-2-5-16-52)84-77(86-78)53-17-6-3-7-18-53)44-69(75)70-45-64(34-35-83-70)87-71-29-24-58(54-19-8-12-49(36-54)46-79)40-65(71)66-41-59(25-30-72(66)87)55-20-9-13-50(37-55)47-80/h2-45H. The van der Waals surface area contributed by atoms with Crippen LogP contribution in [-0.4, -0.2) is 29.1 Å². The van der Waals surface area contributed by atoms with E-state index in [4.69, 9.17) is 26.5 Å². The van der Waals surface area contributed by atoms with Gasteiger partial charge in [0.2, 0.25) is 0 Å². The average Bonchev–Trinajstić information content (AvgIpc) is 1.64. The van der Waals surface area contributed by atoms with Crippen molar-refractivity contribution in [3.63, 3.8) is 0 Å². The molecule has 406 valence electrons. The zero-order valence-corrected chi connectivity index (χ0v) is 46.9. The molecule has 0 atom stereocenters. The minimum Gasteiger partial charge on any atom is -0.309 e. The van der Waals surface area contributed by atoms with E-state index in [1.807, 2.05) is 170 Å². The van der Waals surface area contributed by atoms with Crippen LogP contribution in [-0.2, 0) is 0 Å². The second-order valence-corrected chi connectivity index (χ2v) is 21.5. The van der Waals surface area contributed by atoms with Crippen LogP contribution in [0.1, 0.15) is 16.7 Å². The van der Waals surface area contributed by atoms with Crippen LogP contribution in [0, 0.1) is 40.6 Å². The Labute approximate surface area is 506 Å². The van der Waals surface area contributed by atoms with Gasteiger partial charge in [-0.2, -0.15) is 15.8 Å². The second kappa shape index (κ2) is 21.7. The van der Waals surface area contributed by atoms with Gasteiger partial charge in [-0.05, 0) is 166 Å². The molecule has 0 aliphatic carbocycles.